The van der Waals surface area contributed by atoms with E-state index in [0.29, 0.717) is 10.5 Å². The summed E-state index contributed by atoms with van der Waals surface area (Å²) >= 11 is 0. The van der Waals surface area contributed by atoms with Crippen molar-refractivity contribution in [2.24, 2.45) is 0 Å². The molecule has 0 aliphatic rings. The van der Waals surface area contributed by atoms with Crippen molar-refractivity contribution in [3.05, 3.63) is 59.7 Å². The van der Waals surface area contributed by atoms with Gasteiger partial charge in [0.2, 0.25) is 0 Å². The number of rotatable bonds is 3. The van der Waals surface area contributed by atoms with Gasteiger partial charge in [0.1, 0.15) is 11.6 Å². The molecule has 5 heteroatoms. The molecule has 0 aromatic heterocycles. The zero-order chi connectivity index (χ0) is 13.1. The van der Waals surface area contributed by atoms with Crippen LogP contribution in [-0.4, -0.2) is 4.21 Å². The minimum absolute atomic E-state index is 0.00152. The van der Waals surface area contributed by atoms with Gasteiger partial charge in [-0.15, -0.1) is 0 Å². The molecule has 0 heterocycles. The van der Waals surface area contributed by atoms with Gasteiger partial charge in [-0.1, -0.05) is 18.2 Å². The fourth-order valence-electron chi connectivity index (χ4n) is 1.49. The molecule has 2 nitrogen and oxygen atoms in total. The third kappa shape index (κ3) is 2.73. The molecule has 0 saturated carbocycles. The molecule has 2 aromatic rings. The zero-order valence-electron chi connectivity index (χ0n) is 9.40. The molecule has 0 bridgehead atoms. The fourth-order valence-corrected chi connectivity index (χ4v) is 2.63. The Bertz CT molecular complexity index is 601. The quantitative estimate of drug-likeness (QED) is 0.869. The monoisotopic (exact) mass is 267 g/mol. The number of benzene rings is 2. The summed E-state index contributed by atoms with van der Waals surface area (Å²) in [6, 6.07) is 10.0. The van der Waals surface area contributed by atoms with Gasteiger partial charge in [0.25, 0.3) is 0 Å². The molecule has 0 fully saturated rings. The third-order valence-electron chi connectivity index (χ3n) is 2.48. The van der Waals surface area contributed by atoms with Crippen LogP contribution >= 0.6 is 0 Å². The highest BCUT2D eigenvalue weighted by Gasteiger charge is 2.10. The van der Waals surface area contributed by atoms with Gasteiger partial charge in [-0.2, -0.15) is 0 Å². The van der Waals surface area contributed by atoms with E-state index >= 15 is 0 Å². The van der Waals surface area contributed by atoms with Crippen LogP contribution in [0.15, 0.2) is 47.4 Å². The van der Waals surface area contributed by atoms with Crippen LogP contribution in [0.3, 0.4) is 0 Å². The van der Waals surface area contributed by atoms with E-state index < -0.39 is 22.4 Å². The van der Waals surface area contributed by atoms with Crippen LogP contribution in [0.4, 0.5) is 14.5 Å². The second-order valence-corrected chi connectivity index (χ2v) is 5.22. The van der Waals surface area contributed by atoms with Gasteiger partial charge in [0.15, 0.2) is 0 Å². The van der Waals surface area contributed by atoms with Gasteiger partial charge in [-0.05, 0) is 24.3 Å². The molecule has 0 radical (unpaired) electrons. The lowest BCUT2D eigenvalue weighted by molar-refractivity contribution is 0.614. The van der Waals surface area contributed by atoms with E-state index in [1.54, 1.807) is 18.2 Å². The van der Waals surface area contributed by atoms with Crippen molar-refractivity contribution >= 4 is 16.5 Å². The minimum atomic E-state index is -1.50. The number of nitrogen functional groups attached to an aromatic ring is 1. The largest absolute Gasteiger partial charge is 0.396 e. The summed E-state index contributed by atoms with van der Waals surface area (Å²) in [5, 5.41) is 0. The maximum atomic E-state index is 13.4. The minimum Gasteiger partial charge on any atom is -0.396 e. The average molecular weight is 267 g/mol. The van der Waals surface area contributed by atoms with Gasteiger partial charge in [0, 0.05) is 10.5 Å². The molecule has 0 aliphatic heterocycles. The van der Waals surface area contributed by atoms with E-state index in [2.05, 4.69) is 0 Å². The Morgan fingerprint density at radius 3 is 2.44 bits per heavy atom. The predicted octanol–water partition coefficient (Wildman–Crippen LogP) is 2.85. The van der Waals surface area contributed by atoms with Crippen LogP contribution in [0.5, 0.6) is 0 Å². The van der Waals surface area contributed by atoms with Gasteiger partial charge in [0.05, 0.1) is 22.2 Å². The van der Waals surface area contributed by atoms with Crippen LogP contribution in [0.25, 0.3) is 0 Å². The van der Waals surface area contributed by atoms with Crippen LogP contribution in [-0.2, 0) is 16.6 Å². The van der Waals surface area contributed by atoms with Crippen LogP contribution in [0.2, 0.25) is 0 Å². The summed E-state index contributed by atoms with van der Waals surface area (Å²) in [7, 11) is -1.50. The molecular weight excluding hydrogens is 256 g/mol. The van der Waals surface area contributed by atoms with Gasteiger partial charge in [-0.25, -0.2) is 8.78 Å². The lowest BCUT2D eigenvalue weighted by Crippen LogP contribution is -2.00. The summed E-state index contributed by atoms with van der Waals surface area (Å²) in [5.74, 6) is -1.02. The summed E-state index contributed by atoms with van der Waals surface area (Å²) in [6.07, 6.45) is 0. The van der Waals surface area contributed by atoms with Crippen molar-refractivity contribution in [1.29, 1.82) is 0 Å². The molecule has 18 heavy (non-hydrogen) atoms. The van der Waals surface area contributed by atoms with E-state index in [1.165, 1.54) is 18.2 Å². The number of hydrogen-bond acceptors (Lipinski definition) is 2. The molecule has 1 unspecified atom stereocenters. The standard InChI is InChI=1S/C13H11F2NOS/c14-11-4-2-1-3-9(11)8-18(17)10-5-6-13(16)12(15)7-10/h1-7H,8,16H2. The summed E-state index contributed by atoms with van der Waals surface area (Å²) in [4.78, 5) is 0.296. The molecule has 0 amide bonds. The lowest BCUT2D eigenvalue weighted by atomic mass is 10.2. The van der Waals surface area contributed by atoms with Crippen molar-refractivity contribution < 1.29 is 13.0 Å². The van der Waals surface area contributed by atoms with Crippen molar-refractivity contribution in [2.75, 3.05) is 5.73 Å². The van der Waals surface area contributed by atoms with Crippen molar-refractivity contribution in [1.82, 2.24) is 0 Å². The highest BCUT2D eigenvalue weighted by molar-refractivity contribution is 7.84. The Balaban J connectivity index is 2.22. The number of anilines is 1. The third-order valence-corrected chi connectivity index (χ3v) is 3.83. The maximum absolute atomic E-state index is 13.4. The Morgan fingerprint density at radius 2 is 1.78 bits per heavy atom. The molecule has 1 atom stereocenters. The molecule has 0 saturated heterocycles. The Hall–Kier alpha value is -1.75. The SMILES string of the molecule is Nc1ccc(S(=O)Cc2ccccc2F)cc1F. The van der Waals surface area contributed by atoms with E-state index in [9.17, 15) is 13.0 Å². The van der Waals surface area contributed by atoms with Crippen molar-refractivity contribution in [3.8, 4) is 0 Å². The van der Waals surface area contributed by atoms with Crippen LogP contribution < -0.4 is 5.73 Å². The Morgan fingerprint density at radius 1 is 1.06 bits per heavy atom. The molecule has 0 aliphatic carbocycles. The van der Waals surface area contributed by atoms with Gasteiger partial charge >= 0.3 is 0 Å². The molecule has 94 valence electrons. The Labute approximate surface area is 106 Å². The van der Waals surface area contributed by atoms with E-state index in [1.807, 2.05) is 0 Å². The number of hydrogen-bond donors (Lipinski definition) is 1. The molecular formula is C13H11F2NOS. The first-order valence-electron chi connectivity index (χ1n) is 5.25. The highest BCUT2D eigenvalue weighted by atomic mass is 32.2. The molecule has 2 rings (SSSR count). The highest BCUT2D eigenvalue weighted by Crippen LogP contribution is 2.18. The lowest BCUT2D eigenvalue weighted by Gasteiger charge is -2.05. The summed E-state index contributed by atoms with van der Waals surface area (Å²) < 4.78 is 38.6. The number of halogens is 2. The smallest absolute Gasteiger partial charge is 0.147 e. The van der Waals surface area contributed by atoms with Gasteiger partial charge in [-0.3, -0.25) is 4.21 Å². The molecule has 0 spiro atoms. The van der Waals surface area contributed by atoms with Crippen molar-refractivity contribution in [3.63, 3.8) is 0 Å². The maximum Gasteiger partial charge on any atom is 0.147 e. The second kappa shape index (κ2) is 5.27. The fraction of sp³-hybridized carbons (Fsp3) is 0.0769. The first-order chi connectivity index (χ1) is 8.58. The molecule has 2 aromatic carbocycles. The summed E-state index contributed by atoms with van der Waals surface area (Å²) in [5.41, 5.74) is 5.67. The Kier molecular flexibility index (Phi) is 3.72. The summed E-state index contributed by atoms with van der Waals surface area (Å²) in [6.45, 7) is 0. The van der Waals surface area contributed by atoms with Gasteiger partial charge < -0.3 is 5.73 Å². The van der Waals surface area contributed by atoms with E-state index in [4.69, 9.17) is 5.73 Å². The second-order valence-electron chi connectivity index (χ2n) is 3.76. The van der Waals surface area contributed by atoms with E-state index in [-0.39, 0.29) is 11.4 Å². The zero-order valence-corrected chi connectivity index (χ0v) is 10.2. The predicted molar refractivity (Wildman–Crippen MR) is 67.3 cm³/mol. The number of nitrogens with two attached hydrogens (primary N) is 1. The first-order valence-corrected chi connectivity index (χ1v) is 6.56. The first kappa shape index (κ1) is 12.7. The van der Waals surface area contributed by atoms with Crippen LogP contribution in [0.1, 0.15) is 5.56 Å². The van der Waals surface area contributed by atoms with Crippen molar-refractivity contribution in [2.45, 2.75) is 10.6 Å². The normalized spacial score (nSPS) is 12.3. The van der Waals surface area contributed by atoms with Crippen LogP contribution in [0, 0.1) is 11.6 Å². The van der Waals surface area contributed by atoms with E-state index in [0.717, 1.165) is 6.07 Å². The topological polar surface area (TPSA) is 43.1 Å². The average Bonchev–Trinajstić information content (AvgIpc) is 2.35. The molecule has 2 N–H and O–H groups in total.